The van der Waals surface area contributed by atoms with Gasteiger partial charge in [0.1, 0.15) is 18.5 Å². The maximum Gasteiger partial charge on any atom is 0.223 e. The maximum absolute atomic E-state index is 13.0. The predicted molar refractivity (Wildman–Crippen MR) is 83.5 cm³/mol. The van der Waals surface area contributed by atoms with Crippen molar-refractivity contribution >= 4 is 5.91 Å². The molecule has 1 aliphatic heterocycles. The average Bonchev–Trinajstić information content (AvgIpc) is 3.27. The highest BCUT2D eigenvalue weighted by Gasteiger charge is 2.57. The zero-order valence-electron chi connectivity index (χ0n) is 13.4. The van der Waals surface area contributed by atoms with Gasteiger partial charge < -0.3 is 20.5 Å². The quantitative estimate of drug-likeness (QED) is 0.728. The largest absolute Gasteiger partial charge is 0.491 e. The molecule has 5 nitrogen and oxygen atoms in total. The van der Waals surface area contributed by atoms with Gasteiger partial charge in [-0.2, -0.15) is 0 Å². The molecular weight excluding hydrogens is 318 g/mol. The first-order valence-corrected chi connectivity index (χ1v) is 8.24. The van der Waals surface area contributed by atoms with Crippen molar-refractivity contribution in [1.82, 2.24) is 10.6 Å². The second kappa shape index (κ2) is 7.03. The first-order chi connectivity index (χ1) is 11.5. The molecular formula is C17H22F2N2O3. The second-order valence-electron chi connectivity index (χ2n) is 6.65. The van der Waals surface area contributed by atoms with Crippen molar-refractivity contribution < 1.29 is 23.4 Å². The molecule has 1 amide bonds. The Morgan fingerprint density at radius 2 is 2.12 bits per heavy atom. The number of aliphatic hydroxyl groups is 1. The summed E-state index contributed by atoms with van der Waals surface area (Å²) in [7, 11) is 0. The number of benzene rings is 1. The molecule has 0 aromatic heterocycles. The minimum atomic E-state index is -1.00. The van der Waals surface area contributed by atoms with Crippen LogP contribution in [0.5, 0.6) is 5.75 Å². The normalized spacial score (nSPS) is 22.9. The van der Waals surface area contributed by atoms with Crippen LogP contribution in [0.25, 0.3) is 0 Å². The number of carbonyl (C=O) groups is 1. The molecule has 24 heavy (non-hydrogen) atoms. The van der Waals surface area contributed by atoms with Crippen molar-refractivity contribution in [1.29, 1.82) is 0 Å². The van der Waals surface area contributed by atoms with Crippen LogP contribution in [0.3, 0.4) is 0 Å². The molecule has 3 rings (SSSR count). The summed E-state index contributed by atoms with van der Waals surface area (Å²) in [4.78, 5) is 12.2. The fraction of sp³-hybridized carbons (Fsp3) is 0.588. The van der Waals surface area contributed by atoms with Gasteiger partial charge in [0.2, 0.25) is 5.91 Å². The lowest BCUT2D eigenvalue weighted by molar-refractivity contribution is -0.123. The van der Waals surface area contributed by atoms with E-state index in [0.29, 0.717) is 0 Å². The van der Waals surface area contributed by atoms with Gasteiger partial charge in [-0.1, -0.05) is 0 Å². The SMILES string of the molecule is O=C(NCC(O)COc1ccc(F)c(F)c1)C1CC12CCNCC2. The average molecular weight is 340 g/mol. The fourth-order valence-electron chi connectivity index (χ4n) is 3.36. The van der Waals surface area contributed by atoms with Crippen LogP contribution in [0.15, 0.2) is 18.2 Å². The van der Waals surface area contributed by atoms with Gasteiger partial charge in [0, 0.05) is 18.5 Å². The molecule has 1 heterocycles. The van der Waals surface area contributed by atoms with Gasteiger partial charge in [-0.3, -0.25) is 4.79 Å². The van der Waals surface area contributed by atoms with Crippen molar-refractivity contribution in [2.45, 2.75) is 25.4 Å². The molecule has 1 aromatic rings. The molecule has 1 spiro atoms. The Bertz CT molecular complexity index is 605. The van der Waals surface area contributed by atoms with E-state index in [1.54, 1.807) is 0 Å². The Labute approximate surface area is 139 Å². The van der Waals surface area contributed by atoms with Crippen molar-refractivity contribution in [3.63, 3.8) is 0 Å². The fourth-order valence-corrected chi connectivity index (χ4v) is 3.36. The zero-order chi connectivity index (χ0) is 17.2. The standard InChI is InChI=1S/C17H22F2N2O3/c18-14-2-1-12(7-15(14)19)24-10-11(22)9-21-16(23)13-8-17(13)3-5-20-6-4-17/h1-2,7,11,13,20,22H,3-6,8-10H2,(H,21,23). The number of amides is 1. The van der Waals surface area contributed by atoms with Gasteiger partial charge >= 0.3 is 0 Å². The molecule has 1 aromatic carbocycles. The van der Waals surface area contributed by atoms with Crippen LogP contribution in [-0.4, -0.2) is 43.4 Å². The van der Waals surface area contributed by atoms with E-state index in [-0.39, 0.29) is 36.1 Å². The van der Waals surface area contributed by atoms with E-state index in [1.807, 2.05) is 0 Å². The summed E-state index contributed by atoms with van der Waals surface area (Å²) in [6.07, 6.45) is 2.05. The number of ether oxygens (including phenoxy) is 1. The van der Waals surface area contributed by atoms with Gasteiger partial charge in [0.05, 0.1) is 0 Å². The van der Waals surface area contributed by atoms with Gasteiger partial charge in [-0.25, -0.2) is 8.78 Å². The van der Waals surface area contributed by atoms with Crippen molar-refractivity contribution in [2.75, 3.05) is 26.2 Å². The van der Waals surface area contributed by atoms with Crippen LogP contribution in [0, 0.1) is 23.0 Å². The Hall–Kier alpha value is -1.73. The molecule has 1 saturated heterocycles. The summed E-state index contributed by atoms with van der Waals surface area (Å²) in [5, 5.41) is 15.9. The molecule has 2 unspecified atom stereocenters. The molecule has 3 N–H and O–H groups in total. The Morgan fingerprint density at radius 1 is 1.38 bits per heavy atom. The summed E-state index contributed by atoms with van der Waals surface area (Å²) in [5.41, 5.74) is 0.155. The highest BCUT2D eigenvalue weighted by atomic mass is 19.2. The van der Waals surface area contributed by atoms with E-state index in [2.05, 4.69) is 10.6 Å². The van der Waals surface area contributed by atoms with E-state index in [1.165, 1.54) is 6.07 Å². The van der Waals surface area contributed by atoms with Crippen molar-refractivity contribution in [3.05, 3.63) is 29.8 Å². The smallest absolute Gasteiger partial charge is 0.223 e. The minimum Gasteiger partial charge on any atom is -0.491 e. The summed E-state index contributed by atoms with van der Waals surface area (Å²) in [5.74, 6) is -1.81. The summed E-state index contributed by atoms with van der Waals surface area (Å²) < 4.78 is 31.1. The van der Waals surface area contributed by atoms with E-state index < -0.39 is 17.7 Å². The molecule has 2 fully saturated rings. The number of hydrogen-bond donors (Lipinski definition) is 3. The molecule has 1 saturated carbocycles. The molecule has 0 radical (unpaired) electrons. The number of nitrogens with one attached hydrogen (secondary N) is 2. The van der Waals surface area contributed by atoms with Gasteiger partial charge in [-0.05, 0) is 49.9 Å². The lowest BCUT2D eigenvalue weighted by Crippen LogP contribution is -2.38. The summed E-state index contributed by atoms with van der Waals surface area (Å²) in [6, 6.07) is 3.17. The summed E-state index contributed by atoms with van der Waals surface area (Å²) >= 11 is 0. The van der Waals surface area contributed by atoms with E-state index in [4.69, 9.17) is 4.74 Å². The van der Waals surface area contributed by atoms with Gasteiger partial charge in [0.25, 0.3) is 0 Å². The Kier molecular flexibility index (Phi) is 5.01. The van der Waals surface area contributed by atoms with E-state index in [9.17, 15) is 18.7 Å². The van der Waals surface area contributed by atoms with Crippen LogP contribution in [0.1, 0.15) is 19.3 Å². The highest BCUT2D eigenvalue weighted by molar-refractivity contribution is 5.82. The van der Waals surface area contributed by atoms with Gasteiger partial charge in [-0.15, -0.1) is 0 Å². The molecule has 2 aliphatic rings. The van der Waals surface area contributed by atoms with Crippen molar-refractivity contribution in [2.24, 2.45) is 11.3 Å². The first-order valence-electron chi connectivity index (χ1n) is 8.24. The van der Waals surface area contributed by atoms with E-state index >= 15 is 0 Å². The minimum absolute atomic E-state index is 0.0243. The highest BCUT2D eigenvalue weighted by Crippen LogP contribution is 2.58. The van der Waals surface area contributed by atoms with Crippen LogP contribution >= 0.6 is 0 Å². The third-order valence-electron chi connectivity index (χ3n) is 4.95. The number of halogens is 2. The molecule has 132 valence electrons. The maximum atomic E-state index is 13.0. The number of aliphatic hydroxyl groups excluding tert-OH is 1. The van der Waals surface area contributed by atoms with Crippen LogP contribution < -0.4 is 15.4 Å². The Balaban J connectivity index is 1.38. The molecule has 2 atom stereocenters. The lowest BCUT2D eigenvalue weighted by atomic mass is 9.92. The molecule has 0 bridgehead atoms. The Morgan fingerprint density at radius 3 is 2.83 bits per heavy atom. The third kappa shape index (κ3) is 3.84. The monoisotopic (exact) mass is 340 g/mol. The number of piperidine rings is 1. The first kappa shape index (κ1) is 17.1. The van der Waals surface area contributed by atoms with Crippen LogP contribution in [0.2, 0.25) is 0 Å². The predicted octanol–water partition coefficient (Wildman–Crippen LogP) is 1.21. The number of rotatable bonds is 6. The van der Waals surface area contributed by atoms with Crippen LogP contribution in [0.4, 0.5) is 8.78 Å². The number of carbonyl (C=O) groups excluding carboxylic acids is 1. The van der Waals surface area contributed by atoms with E-state index in [0.717, 1.165) is 44.5 Å². The summed E-state index contributed by atoms with van der Waals surface area (Å²) in [6.45, 7) is 1.88. The van der Waals surface area contributed by atoms with Gasteiger partial charge in [0.15, 0.2) is 11.6 Å². The third-order valence-corrected chi connectivity index (χ3v) is 4.95. The molecule has 7 heteroatoms. The topological polar surface area (TPSA) is 70.6 Å². The number of hydrogen-bond acceptors (Lipinski definition) is 4. The van der Waals surface area contributed by atoms with Crippen molar-refractivity contribution in [3.8, 4) is 5.75 Å². The zero-order valence-corrected chi connectivity index (χ0v) is 13.4. The van der Waals surface area contributed by atoms with Crippen LogP contribution in [-0.2, 0) is 4.79 Å². The molecule has 1 aliphatic carbocycles. The second-order valence-corrected chi connectivity index (χ2v) is 6.65. The lowest BCUT2D eigenvalue weighted by Gasteiger charge is -2.23.